The summed E-state index contributed by atoms with van der Waals surface area (Å²) in [5, 5.41) is 13.0. The van der Waals surface area contributed by atoms with Crippen LogP contribution in [-0.2, 0) is 6.54 Å². The molecule has 0 amide bonds. The van der Waals surface area contributed by atoms with Crippen LogP contribution < -0.4 is 10.2 Å². The summed E-state index contributed by atoms with van der Waals surface area (Å²) < 4.78 is 0. The number of aromatic hydroxyl groups is 1. The van der Waals surface area contributed by atoms with Gasteiger partial charge in [-0.1, -0.05) is 17.7 Å². The first-order valence-corrected chi connectivity index (χ1v) is 6.43. The number of halogens is 1. The molecule has 0 radical (unpaired) electrons. The van der Waals surface area contributed by atoms with Gasteiger partial charge < -0.3 is 15.3 Å². The molecule has 2 N–H and O–H groups in total. The standard InChI is InChI=1S/C15H17ClN2O/c1-18(2)13-6-4-12(5-7-13)17-10-11-3-8-15(19)14(16)9-11/h3-9,17,19H,10H2,1-2H3. The summed E-state index contributed by atoms with van der Waals surface area (Å²) in [5.74, 6) is 0.112. The Labute approximate surface area is 118 Å². The van der Waals surface area contributed by atoms with Crippen molar-refractivity contribution in [1.82, 2.24) is 0 Å². The van der Waals surface area contributed by atoms with Crippen LogP contribution in [0.1, 0.15) is 5.56 Å². The smallest absolute Gasteiger partial charge is 0.134 e. The molecule has 0 saturated heterocycles. The molecule has 0 aliphatic rings. The Hall–Kier alpha value is -1.87. The van der Waals surface area contributed by atoms with E-state index in [1.807, 2.05) is 32.3 Å². The highest BCUT2D eigenvalue weighted by Gasteiger charge is 2.00. The maximum absolute atomic E-state index is 9.35. The summed E-state index contributed by atoms with van der Waals surface area (Å²) in [7, 11) is 4.03. The molecular formula is C15H17ClN2O. The van der Waals surface area contributed by atoms with Gasteiger partial charge >= 0.3 is 0 Å². The zero-order chi connectivity index (χ0) is 13.8. The van der Waals surface area contributed by atoms with Crippen molar-refractivity contribution in [3.63, 3.8) is 0 Å². The van der Waals surface area contributed by atoms with Gasteiger partial charge in [0.15, 0.2) is 0 Å². The van der Waals surface area contributed by atoms with Gasteiger partial charge in [0.1, 0.15) is 5.75 Å². The number of hydrogen-bond acceptors (Lipinski definition) is 3. The number of anilines is 2. The molecule has 0 saturated carbocycles. The number of benzene rings is 2. The monoisotopic (exact) mass is 276 g/mol. The van der Waals surface area contributed by atoms with Gasteiger partial charge in [0.05, 0.1) is 5.02 Å². The predicted molar refractivity (Wildman–Crippen MR) is 81.2 cm³/mol. The Morgan fingerprint density at radius 3 is 2.37 bits per heavy atom. The summed E-state index contributed by atoms with van der Waals surface area (Å²) in [4.78, 5) is 2.06. The summed E-state index contributed by atoms with van der Waals surface area (Å²) in [6.07, 6.45) is 0. The molecule has 100 valence electrons. The third kappa shape index (κ3) is 3.55. The van der Waals surface area contributed by atoms with Crippen LogP contribution in [0.15, 0.2) is 42.5 Å². The molecule has 0 atom stereocenters. The van der Waals surface area contributed by atoms with Crippen LogP contribution in [0.2, 0.25) is 5.02 Å². The van der Waals surface area contributed by atoms with E-state index in [1.165, 1.54) is 5.69 Å². The topological polar surface area (TPSA) is 35.5 Å². The van der Waals surface area contributed by atoms with E-state index in [0.29, 0.717) is 11.6 Å². The molecule has 0 aliphatic carbocycles. The minimum absolute atomic E-state index is 0.112. The average Bonchev–Trinajstić information content (AvgIpc) is 2.40. The molecule has 3 nitrogen and oxygen atoms in total. The molecule has 2 rings (SSSR count). The van der Waals surface area contributed by atoms with Crippen LogP contribution in [0.25, 0.3) is 0 Å². The number of hydrogen-bond donors (Lipinski definition) is 2. The third-order valence-corrected chi connectivity index (χ3v) is 3.20. The van der Waals surface area contributed by atoms with Crippen LogP contribution in [0, 0.1) is 0 Å². The average molecular weight is 277 g/mol. The molecule has 2 aromatic carbocycles. The summed E-state index contributed by atoms with van der Waals surface area (Å²) in [6, 6.07) is 13.4. The second-order valence-corrected chi connectivity index (χ2v) is 4.99. The maximum Gasteiger partial charge on any atom is 0.134 e. The van der Waals surface area contributed by atoms with Gasteiger partial charge in [-0.15, -0.1) is 0 Å². The van der Waals surface area contributed by atoms with Crippen LogP contribution in [-0.4, -0.2) is 19.2 Å². The van der Waals surface area contributed by atoms with Crippen molar-refractivity contribution in [2.24, 2.45) is 0 Å². The molecule has 0 bridgehead atoms. The SMILES string of the molecule is CN(C)c1ccc(NCc2ccc(O)c(Cl)c2)cc1. The van der Waals surface area contributed by atoms with Crippen LogP contribution >= 0.6 is 11.6 Å². The van der Waals surface area contributed by atoms with E-state index in [-0.39, 0.29) is 5.75 Å². The molecule has 0 aromatic heterocycles. The highest BCUT2D eigenvalue weighted by atomic mass is 35.5. The van der Waals surface area contributed by atoms with E-state index in [2.05, 4.69) is 22.3 Å². The number of phenolic OH excluding ortho intramolecular Hbond substituents is 1. The van der Waals surface area contributed by atoms with Crippen molar-refractivity contribution in [1.29, 1.82) is 0 Å². The van der Waals surface area contributed by atoms with E-state index >= 15 is 0 Å². The summed E-state index contributed by atoms with van der Waals surface area (Å²) in [5.41, 5.74) is 3.24. The van der Waals surface area contributed by atoms with Gasteiger partial charge in [-0.3, -0.25) is 0 Å². The highest BCUT2D eigenvalue weighted by molar-refractivity contribution is 6.32. The third-order valence-electron chi connectivity index (χ3n) is 2.89. The predicted octanol–water partition coefficient (Wildman–Crippen LogP) is 3.72. The molecular weight excluding hydrogens is 260 g/mol. The number of phenols is 1. The van der Waals surface area contributed by atoms with Gasteiger partial charge in [0.25, 0.3) is 0 Å². The van der Waals surface area contributed by atoms with Crippen molar-refractivity contribution >= 4 is 23.0 Å². The second-order valence-electron chi connectivity index (χ2n) is 4.58. The molecule has 0 spiro atoms. The minimum atomic E-state index is 0.112. The van der Waals surface area contributed by atoms with Crippen LogP contribution in [0.4, 0.5) is 11.4 Å². The summed E-state index contributed by atoms with van der Waals surface area (Å²) in [6.45, 7) is 0.668. The number of nitrogens with zero attached hydrogens (tertiary/aromatic N) is 1. The van der Waals surface area contributed by atoms with Crippen molar-refractivity contribution in [3.8, 4) is 5.75 Å². The van der Waals surface area contributed by atoms with Gasteiger partial charge in [0, 0.05) is 32.0 Å². The van der Waals surface area contributed by atoms with Gasteiger partial charge in [0.2, 0.25) is 0 Å². The Morgan fingerprint density at radius 1 is 1.11 bits per heavy atom. The Balaban J connectivity index is 2.00. The maximum atomic E-state index is 9.35. The zero-order valence-electron chi connectivity index (χ0n) is 11.0. The van der Waals surface area contributed by atoms with E-state index < -0.39 is 0 Å². The lowest BCUT2D eigenvalue weighted by molar-refractivity contribution is 0.475. The quantitative estimate of drug-likeness (QED) is 0.893. The minimum Gasteiger partial charge on any atom is -0.506 e. The fourth-order valence-electron chi connectivity index (χ4n) is 1.74. The fourth-order valence-corrected chi connectivity index (χ4v) is 1.95. The number of nitrogens with one attached hydrogen (secondary N) is 1. The first-order chi connectivity index (χ1) is 9.06. The lowest BCUT2D eigenvalue weighted by Crippen LogP contribution is -2.08. The first-order valence-electron chi connectivity index (χ1n) is 6.05. The van der Waals surface area contributed by atoms with Crippen LogP contribution in [0.5, 0.6) is 5.75 Å². The largest absolute Gasteiger partial charge is 0.506 e. The zero-order valence-corrected chi connectivity index (χ0v) is 11.8. The first kappa shape index (κ1) is 13.6. The van der Waals surface area contributed by atoms with E-state index in [1.54, 1.807) is 12.1 Å². The van der Waals surface area contributed by atoms with E-state index in [4.69, 9.17) is 11.6 Å². The lowest BCUT2D eigenvalue weighted by Gasteiger charge is -2.13. The van der Waals surface area contributed by atoms with Gasteiger partial charge in [-0.2, -0.15) is 0 Å². The van der Waals surface area contributed by atoms with Gasteiger partial charge in [-0.25, -0.2) is 0 Å². The number of rotatable bonds is 4. The Morgan fingerprint density at radius 2 is 1.79 bits per heavy atom. The highest BCUT2D eigenvalue weighted by Crippen LogP contribution is 2.24. The van der Waals surface area contributed by atoms with Crippen molar-refractivity contribution in [2.45, 2.75) is 6.54 Å². The molecule has 19 heavy (non-hydrogen) atoms. The van der Waals surface area contributed by atoms with Crippen molar-refractivity contribution in [3.05, 3.63) is 53.1 Å². The normalized spacial score (nSPS) is 10.3. The van der Waals surface area contributed by atoms with E-state index in [9.17, 15) is 5.11 Å². The van der Waals surface area contributed by atoms with Gasteiger partial charge in [-0.05, 0) is 42.0 Å². The molecule has 0 aliphatic heterocycles. The molecule has 4 heteroatoms. The fraction of sp³-hybridized carbons (Fsp3) is 0.200. The summed E-state index contributed by atoms with van der Waals surface area (Å²) >= 11 is 5.87. The molecule has 0 heterocycles. The molecule has 0 unspecified atom stereocenters. The second kappa shape index (κ2) is 5.85. The Kier molecular flexibility index (Phi) is 4.17. The molecule has 0 fully saturated rings. The van der Waals surface area contributed by atoms with E-state index in [0.717, 1.165) is 11.3 Å². The Bertz CT molecular complexity index is 553. The van der Waals surface area contributed by atoms with Crippen LogP contribution in [0.3, 0.4) is 0 Å². The van der Waals surface area contributed by atoms with Crippen molar-refractivity contribution < 1.29 is 5.11 Å². The molecule has 2 aromatic rings. The lowest BCUT2D eigenvalue weighted by atomic mass is 10.2. The van der Waals surface area contributed by atoms with Crippen molar-refractivity contribution in [2.75, 3.05) is 24.3 Å².